The largest absolute Gasteiger partial charge is 0.350 e. The molecule has 1 N–H and O–H groups in total. The Balaban J connectivity index is 3.05. The van der Waals surface area contributed by atoms with E-state index >= 15 is 0 Å². The molecule has 0 aliphatic heterocycles. The van der Waals surface area contributed by atoms with Gasteiger partial charge in [0.2, 0.25) is 0 Å². The van der Waals surface area contributed by atoms with Gasteiger partial charge in [0, 0.05) is 6.04 Å². The lowest BCUT2D eigenvalue weighted by atomic mass is 10.1. The van der Waals surface area contributed by atoms with E-state index in [0.29, 0.717) is 0 Å². The Bertz CT molecular complexity index is 537. The summed E-state index contributed by atoms with van der Waals surface area (Å²) in [5, 5.41) is 2.83. The van der Waals surface area contributed by atoms with Crippen LogP contribution in [0.1, 0.15) is 44.0 Å². The molecule has 0 radical (unpaired) electrons. The molecule has 0 aliphatic rings. The molecule has 1 amide bonds. The molecule has 0 spiro atoms. The maximum Gasteiger partial charge on any atom is 0.252 e. The summed E-state index contributed by atoms with van der Waals surface area (Å²) in [6.45, 7) is 5.53. The fraction of sp³-hybridized carbons (Fsp3) is 0.500. The van der Waals surface area contributed by atoms with Crippen molar-refractivity contribution in [1.29, 1.82) is 0 Å². The van der Waals surface area contributed by atoms with Crippen molar-refractivity contribution >= 4 is 15.7 Å². The van der Waals surface area contributed by atoms with E-state index in [1.807, 2.05) is 13.8 Å². The highest BCUT2D eigenvalue weighted by Gasteiger charge is 2.21. The Morgan fingerprint density at radius 3 is 2.47 bits per heavy atom. The monoisotopic (exact) mass is 283 g/mol. The minimum Gasteiger partial charge on any atom is -0.350 e. The van der Waals surface area contributed by atoms with Gasteiger partial charge in [0.1, 0.15) is 0 Å². The average Bonchev–Trinajstić information content (AvgIpc) is 2.39. The van der Waals surface area contributed by atoms with Crippen LogP contribution in [-0.2, 0) is 9.84 Å². The third-order valence-corrected chi connectivity index (χ3v) is 4.73. The Hall–Kier alpha value is -1.36. The summed E-state index contributed by atoms with van der Waals surface area (Å²) < 4.78 is 23.9. The van der Waals surface area contributed by atoms with Crippen molar-refractivity contribution in [2.24, 2.45) is 0 Å². The van der Waals surface area contributed by atoms with Crippen LogP contribution in [0.25, 0.3) is 0 Å². The van der Waals surface area contributed by atoms with Crippen LogP contribution in [0.15, 0.2) is 29.2 Å². The SMILES string of the molecule is CCC[C@H](C)NC(=O)c1ccccc1S(=O)(=O)CC. The Morgan fingerprint density at radius 2 is 1.89 bits per heavy atom. The second-order valence-corrected chi connectivity index (χ2v) is 6.81. The number of carbonyl (C=O) groups excluding carboxylic acids is 1. The van der Waals surface area contributed by atoms with Crippen LogP contribution in [0.2, 0.25) is 0 Å². The van der Waals surface area contributed by atoms with Crippen LogP contribution in [0.5, 0.6) is 0 Å². The first-order valence-corrected chi connectivity index (χ1v) is 8.20. The number of hydrogen-bond acceptors (Lipinski definition) is 3. The first-order valence-electron chi connectivity index (χ1n) is 6.55. The van der Waals surface area contributed by atoms with Gasteiger partial charge >= 0.3 is 0 Å². The minimum absolute atomic E-state index is 0.0121. The Kier molecular flexibility index (Phi) is 5.54. The summed E-state index contributed by atoms with van der Waals surface area (Å²) in [6, 6.07) is 6.38. The predicted octanol–water partition coefficient (Wildman–Crippen LogP) is 2.40. The highest BCUT2D eigenvalue weighted by molar-refractivity contribution is 7.91. The van der Waals surface area contributed by atoms with Gasteiger partial charge in [-0.05, 0) is 25.5 Å². The molecule has 0 saturated heterocycles. The molecule has 0 saturated carbocycles. The van der Waals surface area contributed by atoms with Crippen LogP contribution in [0.4, 0.5) is 0 Å². The van der Waals surface area contributed by atoms with E-state index in [-0.39, 0.29) is 28.2 Å². The van der Waals surface area contributed by atoms with Crippen molar-refractivity contribution in [2.75, 3.05) is 5.75 Å². The van der Waals surface area contributed by atoms with Crippen LogP contribution in [0, 0.1) is 0 Å². The second-order valence-electron chi connectivity index (χ2n) is 4.56. The number of sulfone groups is 1. The lowest BCUT2D eigenvalue weighted by molar-refractivity contribution is 0.0935. The van der Waals surface area contributed by atoms with Crippen molar-refractivity contribution in [3.8, 4) is 0 Å². The van der Waals surface area contributed by atoms with Gasteiger partial charge < -0.3 is 5.32 Å². The fourth-order valence-corrected chi connectivity index (χ4v) is 2.98. The Labute approximate surface area is 115 Å². The first-order chi connectivity index (χ1) is 8.92. The topological polar surface area (TPSA) is 63.2 Å². The number of rotatable bonds is 6. The van der Waals surface area contributed by atoms with E-state index in [0.717, 1.165) is 12.8 Å². The van der Waals surface area contributed by atoms with Crippen molar-refractivity contribution < 1.29 is 13.2 Å². The van der Waals surface area contributed by atoms with E-state index < -0.39 is 9.84 Å². The molecule has 5 heteroatoms. The van der Waals surface area contributed by atoms with E-state index in [1.165, 1.54) is 6.07 Å². The molecule has 0 heterocycles. The van der Waals surface area contributed by atoms with Crippen molar-refractivity contribution in [2.45, 2.75) is 44.6 Å². The molecule has 4 nitrogen and oxygen atoms in total. The number of nitrogens with one attached hydrogen (secondary N) is 1. The van der Waals surface area contributed by atoms with E-state index in [9.17, 15) is 13.2 Å². The number of carbonyl (C=O) groups is 1. The summed E-state index contributed by atoms with van der Waals surface area (Å²) >= 11 is 0. The van der Waals surface area contributed by atoms with Crippen LogP contribution in [-0.4, -0.2) is 26.1 Å². The van der Waals surface area contributed by atoms with E-state index in [1.54, 1.807) is 25.1 Å². The molecule has 0 fully saturated rings. The zero-order chi connectivity index (χ0) is 14.5. The number of benzene rings is 1. The average molecular weight is 283 g/mol. The van der Waals surface area contributed by atoms with Gasteiger partial charge in [-0.1, -0.05) is 32.4 Å². The summed E-state index contributed by atoms with van der Waals surface area (Å²) in [7, 11) is -3.38. The molecule has 19 heavy (non-hydrogen) atoms. The van der Waals surface area contributed by atoms with Gasteiger partial charge in [-0.25, -0.2) is 8.42 Å². The van der Waals surface area contributed by atoms with Gasteiger partial charge in [-0.2, -0.15) is 0 Å². The smallest absolute Gasteiger partial charge is 0.252 e. The molecule has 0 bridgehead atoms. The summed E-state index contributed by atoms with van der Waals surface area (Å²) in [5.41, 5.74) is 0.229. The molecule has 106 valence electrons. The van der Waals surface area contributed by atoms with Gasteiger partial charge in [0.15, 0.2) is 9.84 Å². The summed E-state index contributed by atoms with van der Waals surface area (Å²) in [5.74, 6) is -0.337. The number of amides is 1. The number of hydrogen-bond donors (Lipinski definition) is 1. The van der Waals surface area contributed by atoms with Crippen LogP contribution < -0.4 is 5.32 Å². The predicted molar refractivity (Wildman–Crippen MR) is 76.0 cm³/mol. The normalized spacial score (nSPS) is 13.0. The fourth-order valence-electron chi connectivity index (χ4n) is 1.89. The molecule has 0 aliphatic carbocycles. The van der Waals surface area contributed by atoms with Crippen molar-refractivity contribution in [3.63, 3.8) is 0 Å². The molecular formula is C14H21NO3S. The Morgan fingerprint density at radius 1 is 1.26 bits per heavy atom. The van der Waals surface area contributed by atoms with Crippen molar-refractivity contribution in [1.82, 2.24) is 5.32 Å². The molecule has 0 aromatic heterocycles. The third-order valence-electron chi connectivity index (χ3n) is 2.95. The third kappa shape index (κ3) is 4.06. The molecule has 1 aromatic rings. The van der Waals surface area contributed by atoms with Gasteiger partial charge in [-0.3, -0.25) is 4.79 Å². The van der Waals surface area contributed by atoms with Gasteiger partial charge in [0.25, 0.3) is 5.91 Å². The lowest BCUT2D eigenvalue weighted by Gasteiger charge is -2.14. The maximum absolute atomic E-state index is 12.1. The first kappa shape index (κ1) is 15.7. The second kappa shape index (κ2) is 6.70. The van der Waals surface area contributed by atoms with Crippen LogP contribution in [0.3, 0.4) is 0 Å². The highest BCUT2D eigenvalue weighted by atomic mass is 32.2. The molecule has 0 unspecified atom stereocenters. The minimum atomic E-state index is -3.38. The molecule has 1 atom stereocenters. The van der Waals surface area contributed by atoms with Crippen LogP contribution >= 0.6 is 0 Å². The van der Waals surface area contributed by atoms with E-state index in [4.69, 9.17) is 0 Å². The van der Waals surface area contributed by atoms with Crippen molar-refractivity contribution in [3.05, 3.63) is 29.8 Å². The summed E-state index contributed by atoms with van der Waals surface area (Å²) in [6.07, 6.45) is 1.84. The van der Waals surface area contributed by atoms with Gasteiger partial charge in [-0.15, -0.1) is 0 Å². The maximum atomic E-state index is 12.1. The quantitative estimate of drug-likeness (QED) is 0.872. The summed E-state index contributed by atoms with van der Waals surface area (Å²) in [4.78, 5) is 12.2. The van der Waals surface area contributed by atoms with Gasteiger partial charge in [0.05, 0.1) is 16.2 Å². The zero-order valence-corrected chi connectivity index (χ0v) is 12.5. The lowest BCUT2D eigenvalue weighted by Crippen LogP contribution is -2.33. The molecular weight excluding hydrogens is 262 g/mol. The molecule has 1 rings (SSSR count). The molecule has 1 aromatic carbocycles. The van der Waals surface area contributed by atoms with E-state index in [2.05, 4.69) is 5.32 Å². The zero-order valence-electron chi connectivity index (χ0n) is 11.6. The standard InChI is InChI=1S/C14H21NO3S/c1-4-8-11(3)15-14(16)12-9-6-7-10-13(12)19(17,18)5-2/h6-7,9-11H,4-5,8H2,1-3H3,(H,15,16)/t11-/m0/s1. The highest BCUT2D eigenvalue weighted by Crippen LogP contribution is 2.17.